The number of fused-ring (bicyclic) bond motifs is 1. The number of nitrogens with one attached hydrogen (secondary N) is 1. The van der Waals surface area contributed by atoms with Gasteiger partial charge in [0.2, 0.25) is 0 Å². The minimum absolute atomic E-state index is 0.0568. The Morgan fingerprint density at radius 1 is 1.08 bits per heavy atom. The first kappa shape index (κ1) is 16.8. The highest BCUT2D eigenvalue weighted by atomic mass is 19.4. The maximum atomic E-state index is 13.5. The van der Waals surface area contributed by atoms with Gasteiger partial charge in [-0.2, -0.15) is 13.2 Å². The Labute approximate surface area is 141 Å². The van der Waals surface area contributed by atoms with Crippen molar-refractivity contribution in [2.75, 3.05) is 12.4 Å². The monoisotopic (exact) mass is 346 g/mol. The predicted molar refractivity (Wildman–Crippen MR) is 89.2 cm³/mol. The molecule has 2 aromatic rings. The smallest absolute Gasteiger partial charge is 0.434 e. The number of hydrogen-bond acceptors (Lipinski definition) is 3. The lowest BCUT2D eigenvalue weighted by Crippen LogP contribution is -2.30. The lowest BCUT2D eigenvalue weighted by atomic mass is 10.0. The van der Waals surface area contributed by atoms with Crippen LogP contribution >= 0.6 is 0 Å². The topological polar surface area (TPSA) is 50.7 Å². The molecule has 1 heterocycles. The van der Waals surface area contributed by atoms with Gasteiger partial charge in [0.15, 0.2) is 5.71 Å². The number of carbonyl (C=O) groups excluding carboxylic acids is 1. The van der Waals surface area contributed by atoms with Gasteiger partial charge in [-0.3, -0.25) is 4.79 Å². The third kappa shape index (κ3) is 3.55. The van der Waals surface area contributed by atoms with Gasteiger partial charge in [-0.1, -0.05) is 24.3 Å². The van der Waals surface area contributed by atoms with E-state index in [4.69, 9.17) is 4.74 Å². The van der Waals surface area contributed by atoms with Crippen molar-refractivity contribution >= 4 is 29.1 Å². The van der Waals surface area contributed by atoms with Crippen LogP contribution in [0.3, 0.4) is 0 Å². The Bertz CT molecular complexity index is 869. The SMILES string of the molecule is COc1ccc(C=C2C(=O)Nc3ccccc3N=C2C(F)(F)F)cc1. The molecule has 0 radical (unpaired) electrons. The van der Waals surface area contributed by atoms with Crippen molar-refractivity contribution in [2.45, 2.75) is 6.18 Å². The molecule has 4 nitrogen and oxygen atoms in total. The van der Waals surface area contributed by atoms with Crippen LogP contribution in [0.1, 0.15) is 5.56 Å². The molecule has 0 unspecified atom stereocenters. The van der Waals surface area contributed by atoms with Crippen LogP contribution < -0.4 is 10.1 Å². The molecule has 0 fully saturated rings. The van der Waals surface area contributed by atoms with Gasteiger partial charge in [0.25, 0.3) is 5.91 Å². The summed E-state index contributed by atoms with van der Waals surface area (Å²) in [7, 11) is 1.48. The van der Waals surface area contributed by atoms with Crippen LogP contribution in [0.5, 0.6) is 5.75 Å². The van der Waals surface area contributed by atoms with Crippen LogP contribution in [-0.2, 0) is 4.79 Å². The molecule has 0 aromatic heterocycles. The van der Waals surface area contributed by atoms with Crippen LogP contribution in [0.4, 0.5) is 24.5 Å². The van der Waals surface area contributed by atoms with Crippen molar-refractivity contribution in [3.8, 4) is 5.75 Å². The standard InChI is InChI=1S/C18H13F3N2O2/c1-25-12-8-6-11(7-9-12)10-13-16(18(19,20)21)22-14-4-2-3-5-15(14)23-17(13)24/h2-10H,1H3,(H,23,24). The Kier molecular flexibility index (Phi) is 4.31. The number of hydrogen-bond donors (Lipinski definition) is 1. The molecule has 0 bridgehead atoms. The van der Waals surface area contributed by atoms with E-state index in [2.05, 4.69) is 10.3 Å². The fraction of sp³-hybridized carbons (Fsp3) is 0.111. The number of rotatable bonds is 2. The molecule has 0 atom stereocenters. The fourth-order valence-electron chi connectivity index (χ4n) is 2.37. The van der Waals surface area contributed by atoms with E-state index < -0.39 is 23.4 Å². The van der Waals surface area contributed by atoms with E-state index in [0.29, 0.717) is 11.3 Å². The number of nitrogens with zero attached hydrogens (tertiary/aromatic N) is 1. The Hall–Kier alpha value is -3.09. The van der Waals surface area contributed by atoms with Gasteiger partial charge in [0.1, 0.15) is 5.75 Å². The molecular weight excluding hydrogens is 333 g/mol. The fourth-order valence-corrected chi connectivity index (χ4v) is 2.37. The Morgan fingerprint density at radius 3 is 2.40 bits per heavy atom. The van der Waals surface area contributed by atoms with Crippen molar-refractivity contribution in [1.82, 2.24) is 0 Å². The van der Waals surface area contributed by atoms with Gasteiger partial charge in [-0.25, -0.2) is 4.99 Å². The maximum Gasteiger partial charge on any atom is 0.434 e. The Balaban J connectivity index is 2.13. The zero-order valence-corrected chi connectivity index (χ0v) is 13.1. The summed E-state index contributed by atoms with van der Waals surface area (Å²) in [5, 5.41) is 2.47. The molecule has 0 saturated carbocycles. The van der Waals surface area contributed by atoms with Crippen LogP contribution in [0, 0.1) is 0 Å². The van der Waals surface area contributed by atoms with Gasteiger partial charge < -0.3 is 10.1 Å². The van der Waals surface area contributed by atoms with Crippen molar-refractivity contribution < 1.29 is 22.7 Å². The lowest BCUT2D eigenvalue weighted by molar-refractivity contribution is -0.112. The summed E-state index contributed by atoms with van der Waals surface area (Å²) in [6.45, 7) is 0. The van der Waals surface area contributed by atoms with Crippen LogP contribution in [0.2, 0.25) is 0 Å². The molecule has 0 aliphatic carbocycles. The number of methoxy groups -OCH3 is 1. The molecule has 2 aromatic carbocycles. The van der Waals surface area contributed by atoms with Crippen LogP contribution in [0.25, 0.3) is 6.08 Å². The van der Waals surface area contributed by atoms with E-state index in [1.807, 2.05) is 0 Å². The van der Waals surface area contributed by atoms with Crippen LogP contribution in [0.15, 0.2) is 59.1 Å². The molecule has 25 heavy (non-hydrogen) atoms. The van der Waals surface area contributed by atoms with E-state index in [-0.39, 0.29) is 11.4 Å². The third-order valence-electron chi connectivity index (χ3n) is 3.58. The number of ether oxygens (including phenoxy) is 1. The lowest BCUT2D eigenvalue weighted by Gasteiger charge is -2.11. The van der Waals surface area contributed by atoms with E-state index in [1.54, 1.807) is 36.4 Å². The van der Waals surface area contributed by atoms with E-state index in [9.17, 15) is 18.0 Å². The van der Waals surface area contributed by atoms with E-state index >= 15 is 0 Å². The average Bonchev–Trinajstić information content (AvgIpc) is 2.72. The second-order valence-corrected chi connectivity index (χ2v) is 5.26. The maximum absolute atomic E-state index is 13.5. The summed E-state index contributed by atoms with van der Waals surface area (Å²) in [5.41, 5.74) is -1.07. The first-order valence-electron chi connectivity index (χ1n) is 7.31. The second kappa shape index (κ2) is 6.43. The van der Waals surface area contributed by atoms with Crippen molar-refractivity contribution in [3.63, 3.8) is 0 Å². The normalized spacial score (nSPS) is 15.9. The number of aliphatic imine (C=N–C) groups is 1. The summed E-state index contributed by atoms with van der Waals surface area (Å²) < 4.78 is 45.5. The van der Waals surface area contributed by atoms with Crippen molar-refractivity contribution in [1.29, 1.82) is 0 Å². The zero-order chi connectivity index (χ0) is 18.0. The number of carbonyl (C=O) groups is 1. The summed E-state index contributed by atoms with van der Waals surface area (Å²) >= 11 is 0. The molecule has 1 N–H and O–H groups in total. The third-order valence-corrected chi connectivity index (χ3v) is 3.58. The largest absolute Gasteiger partial charge is 0.497 e. The molecule has 0 spiro atoms. The molecule has 128 valence electrons. The van der Waals surface area contributed by atoms with E-state index in [1.165, 1.54) is 19.2 Å². The highest BCUT2D eigenvalue weighted by molar-refractivity contribution is 6.31. The molecule has 7 heteroatoms. The Morgan fingerprint density at radius 2 is 1.76 bits per heavy atom. The van der Waals surface area contributed by atoms with E-state index in [0.717, 1.165) is 6.08 Å². The van der Waals surface area contributed by atoms with Crippen LogP contribution in [-0.4, -0.2) is 24.9 Å². The summed E-state index contributed by atoms with van der Waals surface area (Å²) in [4.78, 5) is 16.1. The first-order chi connectivity index (χ1) is 11.9. The summed E-state index contributed by atoms with van der Waals surface area (Å²) in [5.74, 6) is -0.304. The minimum Gasteiger partial charge on any atom is -0.497 e. The first-order valence-corrected chi connectivity index (χ1v) is 7.31. The summed E-state index contributed by atoms with van der Waals surface area (Å²) in [6.07, 6.45) is -3.61. The van der Waals surface area contributed by atoms with Gasteiger partial charge in [-0.15, -0.1) is 0 Å². The number of halogens is 3. The number of para-hydroxylation sites is 2. The number of anilines is 1. The molecule has 1 aliphatic heterocycles. The van der Waals surface area contributed by atoms with Gasteiger partial charge in [0.05, 0.1) is 24.1 Å². The van der Waals surface area contributed by atoms with Crippen molar-refractivity contribution in [3.05, 3.63) is 59.7 Å². The summed E-state index contributed by atoms with van der Waals surface area (Å²) in [6, 6.07) is 12.4. The highest BCUT2D eigenvalue weighted by Gasteiger charge is 2.41. The molecule has 3 rings (SSSR count). The van der Waals surface area contributed by atoms with Gasteiger partial charge in [-0.05, 0) is 35.9 Å². The second-order valence-electron chi connectivity index (χ2n) is 5.26. The minimum atomic E-state index is -4.77. The van der Waals surface area contributed by atoms with Crippen molar-refractivity contribution in [2.24, 2.45) is 4.99 Å². The van der Waals surface area contributed by atoms with Gasteiger partial charge in [0, 0.05) is 0 Å². The number of alkyl halides is 3. The number of amides is 1. The zero-order valence-electron chi connectivity index (χ0n) is 13.1. The molecule has 0 saturated heterocycles. The van der Waals surface area contributed by atoms with Gasteiger partial charge >= 0.3 is 6.18 Å². The predicted octanol–water partition coefficient (Wildman–Crippen LogP) is 4.37. The highest BCUT2D eigenvalue weighted by Crippen LogP contribution is 2.34. The quantitative estimate of drug-likeness (QED) is 0.821. The number of benzene rings is 2. The molecular formula is C18H13F3N2O2. The average molecular weight is 346 g/mol. The molecule has 1 amide bonds. The molecule has 1 aliphatic rings.